The summed E-state index contributed by atoms with van der Waals surface area (Å²) in [6.07, 6.45) is 5.26. The van der Waals surface area contributed by atoms with Crippen molar-refractivity contribution in [2.45, 2.75) is 23.6 Å². The second-order valence-electron chi connectivity index (χ2n) is 12.5. The van der Waals surface area contributed by atoms with Crippen LogP contribution in [-0.2, 0) is 24.8 Å². The standard InChI is InChI=1S/C37H30F2N10O5S3/c38-35(39)54-44-28(26-21-56-36(40-26)42-37(23-11-4-1-5-12-23,24-13-6-2-7-14-24)25-15-8-3-9-16-25)31(50)41-29-32(51)48-30(34(52)53)22(19-55-33(29)48)20-57-47-18-10-17-27-43-45-46-49(27)47/h1-18,21,29,33,35H,19-20H2,(H,40,42)(H,41,50)(H,43,46)(H,52,53)/b44-28+/t29?,33-/m1/s1. The first-order valence-electron chi connectivity index (χ1n) is 17.2. The fourth-order valence-corrected chi connectivity index (χ4v) is 9.79. The Morgan fingerprint density at radius 2 is 1.68 bits per heavy atom. The van der Waals surface area contributed by atoms with Gasteiger partial charge in [-0.1, -0.05) is 96.2 Å². The van der Waals surface area contributed by atoms with Gasteiger partial charge in [-0.05, 0) is 56.8 Å². The van der Waals surface area contributed by atoms with Crippen molar-refractivity contribution in [3.63, 3.8) is 0 Å². The predicted molar refractivity (Wildman–Crippen MR) is 210 cm³/mol. The third-order valence-corrected chi connectivity index (χ3v) is 12.3. The zero-order chi connectivity index (χ0) is 39.5. The van der Waals surface area contributed by atoms with Crippen molar-refractivity contribution in [2.75, 3.05) is 16.8 Å². The number of anilines is 1. The number of carbonyl (C=O) groups excluding carboxylic acids is 2. The molecule has 0 bridgehead atoms. The predicted octanol–water partition coefficient (Wildman–Crippen LogP) is 5.65. The lowest BCUT2D eigenvalue weighted by molar-refractivity contribution is -0.150. The van der Waals surface area contributed by atoms with Gasteiger partial charge < -0.3 is 20.6 Å². The zero-order valence-electron chi connectivity index (χ0n) is 29.3. The summed E-state index contributed by atoms with van der Waals surface area (Å²) in [5.74, 6) is -1.96. The molecule has 3 aromatic carbocycles. The smallest absolute Gasteiger partial charge is 0.407 e. The van der Waals surface area contributed by atoms with E-state index in [4.69, 9.17) is 0 Å². The van der Waals surface area contributed by atoms with Crippen molar-refractivity contribution in [3.05, 3.63) is 154 Å². The molecule has 290 valence electrons. The molecule has 4 aromatic rings. The molecule has 1 aromatic heterocycles. The van der Waals surface area contributed by atoms with Gasteiger partial charge in [-0.25, -0.2) is 19.6 Å². The fourth-order valence-electron chi connectivity index (χ4n) is 6.65. The van der Waals surface area contributed by atoms with Crippen LogP contribution in [0.2, 0.25) is 0 Å². The number of amides is 2. The summed E-state index contributed by atoms with van der Waals surface area (Å²) in [7, 11) is 0. The average molecular weight is 829 g/mol. The number of allylic oxidation sites excluding steroid dienone is 2. The number of nitrogens with one attached hydrogen (secondary N) is 3. The highest BCUT2D eigenvalue weighted by atomic mass is 32.2. The van der Waals surface area contributed by atoms with Crippen molar-refractivity contribution in [1.82, 2.24) is 30.2 Å². The highest BCUT2D eigenvalue weighted by Gasteiger charge is 2.54. The van der Waals surface area contributed by atoms with E-state index in [9.17, 15) is 28.3 Å². The largest absolute Gasteiger partial charge is 0.477 e. The van der Waals surface area contributed by atoms with Crippen LogP contribution in [-0.4, -0.2) is 77.6 Å². The van der Waals surface area contributed by atoms with Gasteiger partial charge in [-0.2, -0.15) is 8.78 Å². The number of alkyl halides is 2. The van der Waals surface area contributed by atoms with Crippen LogP contribution < -0.4 is 16.1 Å². The Balaban J connectivity index is 1.03. The third kappa shape index (κ3) is 7.29. The van der Waals surface area contributed by atoms with Gasteiger partial charge in [-0.15, -0.1) is 28.2 Å². The monoisotopic (exact) mass is 828 g/mol. The first kappa shape index (κ1) is 37.7. The molecule has 8 rings (SSSR count). The van der Waals surface area contributed by atoms with Crippen LogP contribution in [0.1, 0.15) is 22.4 Å². The van der Waals surface area contributed by atoms with E-state index in [0.29, 0.717) is 16.5 Å². The maximum absolute atomic E-state index is 13.8. The molecular weight excluding hydrogens is 799 g/mol. The Morgan fingerprint density at radius 3 is 2.30 bits per heavy atom. The number of carbonyl (C=O) groups is 3. The molecule has 15 nitrogen and oxygen atoms in total. The van der Waals surface area contributed by atoms with E-state index in [1.807, 2.05) is 91.0 Å². The van der Waals surface area contributed by atoms with E-state index in [1.165, 1.54) is 34.2 Å². The van der Waals surface area contributed by atoms with Crippen molar-refractivity contribution in [1.29, 1.82) is 0 Å². The van der Waals surface area contributed by atoms with E-state index in [2.05, 4.69) is 41.5 Å². The summed E-state index contributed by atoms with van der Waals surface area (Å²) in [6.45, 7) is -3.35. The van der Waals surface area contributed by atoms with Gasteiger partial charge in [-0.3, -0.25) is 14.5 Å². The van der Waals surface area contributed by atoms with Crippen LogP contribution in [0, 0.1) is 0 Å². The molecule has 2 atom stereocenters. The number of fused-ring (bicyclic) bond motifs is 2. The van der Waals surface area contributed by atoms with Gasteiger partial charge >= 0.3 is 12.6 Å². The number of carboxylic acids is 1. The maximum atomic E-state index is 13.8. The van der Waals surface area contributed by atoms with E-state index in [1.54, 1.807) is 22.8 Å². The minimum atomic E-state index is -3.35. The summed E-state index contributed by atoms with van der Waals surface area (Å²) in [4.78, 5) is 49.9. The molecule has 2 amide bonds. The van der Waals surface area contributed by atoms with Gasteiger partial charge in [0.2, 0.25) is 0 Å². The van der Waals surface area contributed by atoms with Crippen LogP contribution >= 0.6 is 35.0 Å². The zero-order valence-corrected chi connectivity index (χ0v) is 31.8. The van der Waals surface area contributed by atoms with Crippen LogP contribution in [0.4, 0.5) is 13.9 Å². The number of β-lactam (4-membered cyclic amide) rings is 1. The number of thioether (sulfide) groups is 1. The van der Waals surface area contributed by atoms with Gasteiger partial charge in [0.05, 0.1) is 0 Å². The Kier molecular flexibility index (Phi) is 10.6. The van der Waals surface area contributed by atoms with Crippen LogP contribution in [0.25, 0.3) is 0 Å². The van der Waals surface area contributed by atoms with E-state index in [-0.39, 0.29) is 22.9 Å². The first-order valence-corrected chi connectivity index (χ1v) is 20.0. The molecule has 57 heavy (non-hydrogen) atoms. The van der Waals surface area contributed by atoms with Crippen LogP contribution in [0.5, 0.6) is 0 Å². The number of carboxylic acid groups (broad SMARTS) is 1. The van der Waals surface area contributed by atoms with Gasteiger partial charge in [0.15, 0.2) is 16.7 Å². The molecule has 4 aliphatic rings. The molecule has 1 fully saturated rings. The highest BCUT2D eigenvalue weighted by Crippen LogP contribution is 2.43. The van der Waals surface area contributed by atoms with Gasteiger partial charge in [0.1, 0.15) is 28.3 Å². The summed E-state index contributed by atoms with van der Waals surface area (Å²) < 4.78 is 28.4. The number of oxime groups is 1. The van der Waals surface area contributed by atoms with Crippen molar-refractivity contribution in [3.8, 4) is 0 Å². The Hall–Kier alpha value is -6.25. The molecular formula is C37H30F2N10O5S3. The minimum Gasteiger partial charge on any atom is -0.477 e. The van der Waals surface area contributed by atoms with Crippen molar-refractivity contribution >= 4 is 63.7 Å². The number of hydrogen-bond donors (Lipinski definition) is 4. The number of benzene rings is 3. The second-order valence-corrected chi connectivity index (χ2v) is 15.4. The Labute approximate surface area is 335 Å². The SMILES string of the molecule is O=C(O)C1=C(CSN2C=CC=C3NN=NN32)CS[C@@H]2C(NC(=O)/C(=N/OC(F)F)c3csc(NC(c4ccccc4)(c4ccccc4)c4ccccc4)n3)C(=O)N12. The normalized spacial score (nSPS) is 18.8. The van der Waals surface area contributed by atoms with E-state index in [0.717, 1.165) is 32.9 Å². The summed E-state index contributed by atoms with van der Waals surface area (Å²) in [5.41, 5.74) is 4.00. The second kappa shape index (κ2) is 16.1. The quantitative estimate of drug-likeness (QED) is 0.0405. The number of thiazole rings is 1. The molecule has 0 aliphatic carbocycles. The lowest BCUT2D eigenvalue weighted by Gasteiger charge is -2.49. The summed E-state index contributed by atoms with van der Waals surface area (Å²) >= 11 is 3.62. The van der Waals surface area contributed by atoms with E-state index >= 15 is 0 Å². The Bertz CT molecular complexity index is 2230. The molecule has 0 radical (unpaired) electrons. The number of aliphatic carboxylic acids is 1. The molecule has 0 saturated carbocycles. The number of hydrazine groups is 1. The Morgan fingerprint density at radius 1 is 1.04 bits per heavy atom. The lowest BCUT2D eigenvalue weighted by atomic mass is 9.77. The maximum Gasteiger partial charge on any atom is 0.407 e. The van der Waals surface area contributed by atoms with Crippen LogP contribution in [0.15, 0.2) is 147 Å². The number of nitrogens with zero attached hydrogens (tertiary/aromatic N) is 7. The third-order valence-electron chi connectivity index (χ3n) is 9.17. The number of rotatable bonds is 14. The van der Waals surface area contributed by atoms with Gasteiger partial charge in [0.25, 0.3) is 11.8 Å². The summed E-state index contributed by atoms with van der Waals surface area (Å²) in [6, 6.07) is 27.9. The van der Waals surface area contributed by atoms with E-state index < -0.39 is 47.1 Å². The molecule has 4 aliphatic heterocycles. The molecule has 5 heterocycles. The van der Waals surface area contributed by atoms with Crippen molar-refractivity contribution in [2.24, 2.45) is 15.6 Å². The number of halogens is 2. The summed E-state index contributed by atoms with van der Waals surface area (Å²) in [5, 5.41) is 30.0. The molecule has 1 saturated heterocycles. The van der Waals surface area contributed by atoms with Crippen molar-refractivity contribution < 1.29 is 33.1 Å². The van der Waals surface area contributed by atoms with Gasteiger partial charge in [0, 0.05) is 23.1 Å². The molecule has 1 unspecified atom stereocenters. The molecule has 0 spiro atoms. The lowest BCUT2D eigenvalue weighted by Crippen LogP contribution is -2.71. The fraction of sp³-hybridized carbons (Fsp3) is 0.162. The molecule has 20 heteroatoms. The highest BCUT2D eigenvalue weighted by molar-refractivity contribution is 8.00. The first-order chi connectivity index (χ1) is 27.7. The number of hydrogen-bond acceptors (Lipinski definition) is 15. The minimum absolute atomic E-state index is 0.0911. The topological polar surface area (TPSA) is 176 Å². The number of aromatic nitrogens is 1. The average Bonchev–Trinajstić information content (AvgIpc) is 3.92. The van der Waals surface area contributed by atoms with Crippen LogP contribution in [0.3, 0.4) is 0 Å². The molecule has 4 N–H and O–H groups in total.